The molecule has 2 fully saturated rings. The molecule has 0 N–H and O–H groups in total. The quantitative estimate of drug-likeness (QED) is 0.699. The Labute approximate surface area is 111 Å². The molecule has 0 aromatic heterocycles. The minimum Gasteiger partial charge on any atom is -0.461 e. The van der Waals surface area contributed by atoms with Crippen molar-refractivity contribution in [3.63, 3.8) is 0 Å². The van der Waals surface area contributed by atoms with Crippen LogP contribution in [-0.4, -0.2) is 12.1 Å². The van der Waals surface area contributed by atoms with Crippen LogP contribution in [-0.2, 0) is 9.53 Å². The molecular weight excluding hydrogens is 224 g/mol. The Kier molecular flexibility index (Phi) is 4.34. The Morgan fingerprint density at radius 1 is 1.06 bits per heavy atom. The highest BCUT2D eigenvalue weighted by molar-refractivity contribution is 5.76. The minimum absolute atomic E-state index is 0.0220. The van der Waals surface area contributed by atoms with Crippen LogP contribution in [0.3, 0.4) is 0 Å². The molecule has 0 aromatic carbocycles. The van der Waals surface area contributed by atoms with Crippen LogP contribution in [0.4, 0.5) is 0 Å². The zero-order chi connectivity index (χ0) is 13.2. The maximum atomic E-state index is 12.3. The zero-order valence-electron chi connectivity index (χ0n) is 12.2. The third-order valence-corrected chi connectivity index (χ3v) is 5.16. The molecule has 0 aliphatic heterocycles. The fourth-order valence-corrected chi connectivity index (χ4v) is 3.41. The molecule has 2 unspecified atom stereocenters. The van der Waals surface area contributed by atoms with E-state index in [9.17, 15) is 4.79 Å². The van der Waals surface area contributed by atoms with E-state index in [4.69, 9.17) is 4.74 Å². The largest absolute Gasteiger partial charge is 0.461 e. The molecule has 0 saturated heterocycles. The summed E-state index contributed by atoms with van der Waals surface area (Å²) in [5, 5.41) is 0. The predicted molar refractivity (Wildman–Crippen MR) is 73.3 cm³/mol. The van der Waals surface area contributed by atoms with Gasteiger partial charge in [0.2, 0.25) is 0 Å². The molecule has 2 rings (SSSR count). The monoisotopic (exact) mass is 252 g/mol. The molecule has 2 aliphatic carbocycles. The fourth-order valence-electron chi connectivity index (χ4n) is 3.41. The zero-order valence-corrected chi connectivity index (χ0v) is 12.2. The highest BCUT2D eigenvalue weighted by Gasteiger charge is 2.39. The number of rotatable bonds is 3. The number of hydrogen-bond donors (Lipinski definition) is 0. The summed E-state index contributed by atoms with van der Waals surface area (Å²) >= 11 is 0. The van der Waals surface area contributed by atoms with Crippen LogP contribution in [0, 0.1) is 17.3 Å². The SMILES string of the molecule is CCC(C)(C)C(=O)OC1C2CCCCC1CCC2. The molecule has 0 amide bonds. The van der Waals surface area contributed by atoms with Crippen molar-refractivity contribution < 1.29 is 9.53 Å². The number of hydrogen-bond acceptors (Lipinski definition) is 2. The molecule has 0 aromatic rings. The lowest BCUT2D eigenvalue weighted by Crippen LogP contribution is -2.39. The third kappa shape index (κ3) is 2.89. The van der Waals surface area contributed by atoms with Gasteiger partial charge in [-0.1, -0.05) is 26.2 Å². The predicted octanol–water partition coefficient (Wildman–Crippen LogP) is 4.32. The average Bonchev–Trinajstić information content (AvgIpc) is 2.47. The van der Waals surface area contributed by atoms with Crippen LogP contribution in [0.15, 0.2) is 0 Å². The van der Waals surface area contributed by atoms with Gasteiger partial charge in [-0.2, -0.15) is 0 Å². The van der Waals surface area contributed by atoms with Gasteiger partial charge in [-0.05, 0) is 57.8 Å². The maximum absolute atomic E-state index is 12.3. The summed E-state index contributed by atoms with van der Waals surface area (Å²) < 4.78 is 5.96. The van der Waals surface area contributed by atoms with Gasteiger partial charge in [0.1, 0.15) is 6.10 Å². The standard InChI is InChI=1S/C16H28O2/c1-4-16(2,3)15(17)18-14-12-8-5-6-9-13(14)11-7-10-12/h12-14H,4-11H2,1-3H3. The first-order chi connectivity index (χ1) is 8.54. The van der Waals surface area contributed by atoms with E-state index in [0.29, 0.717) is 11.8 Å². The minimum atomic E-state index is -0.319. The van der Waals surface area contributed by atoms with Crippen molar-refractivity contribution in [2.75, 3.05) is 0 Å². The van der Waals surface area contributed by atoms with Crippen LogP contribution in [0.1, 0.15) is 72.1 Å². The van der Waals surface area contributed by atoms with E-state index in [1.807, 2.05) is 13.8 Å². The van der Waals surface area contributed by atoms with E-state index in [0.717, 1.165) is 6.42 Å². The van der Waals surface area contributed by atoms with Crippen molar-refractivity contribution in [1.82, 2.24) is 0 Å². The van der Waals surface area contributed by atoms with E-state index in [-0.39, 0.29) is 17.5 Å². The van der Waals surface area contributed by atoms with Gasteiger partial charge in [0.15, 0.2) is 0 Å². The van der Waals surface area contributed by atoms with Crippen LogP contribution in [0.5, 0.6) is 0 Å². The summed E-state index contributed by atoms with van der Waals surface area (Å²) in [6.07, 6.45) is 10.1. The van der Waals surface area contributed by atoms with Crippen LogP contribution < -0.4 is 0 Å². The fraction of sp³-hybridized carbons (Fsp3) is 0.938. The molecule has 0 radical (unpaired) electrons. The summed E-state index contributed by atoms with van der Waals surface area (Å²) in [5.74, 6) is 1.31. The van der Waals surface area contributed by atoms with E-state index in [1.54, 1.807) is 0 Å². The van der Waals surface area contributed by atoms with Gasteiger partial charge < -0.3 is 4.74 Å². The summed E-state index contributed by atoms with van der Waals surface area (Å²) in [5.41, 5.74) is -0.319. The first-order valence-corrected chi connectivity index (χ1v) is 7.75. The summed E-state index contributed by atoms with van der Waals surface area (Å²) in [4.78, 5) is 12.3. The van der Waals surface area contributed by atoms with E-state index >= 15 is 0 Å². The Hall–Kier alpha value is -0.530. The van der Waals surface area contributed by atoms with E-state index in [2.05, 4.69) is 6.92 Å². The molecule has 0 heterocycles. The smallest absolute Gasteiger partial charge is 0.311 e. The van der Waals surface area contributed by atoms with E-state index in [1.165, 1.54) is 44.9 Å². The lowest BCUT2D eigenvalue weighted by atomic mass is 9.77. The molecule has 2 heteroatoms. The van der Waals surface area contributed by atoms with Crippen molar-refractivity contribution >= 4 is 5.97 Å². The number of esters is 1. The normalized spacial score (nSPS) is 32.7. The number of carbonyl (C=O) groups excluding carboxylic acids is 1. The van der Waals surface area contributed by atoms with Gasteiger partial charge in [-0.3, -0.25) is 4.79 Å². The first-order valence-electron chi connectivity index (χ1n) is 7.75. The second-order valence-corrected chi connectivity index (χ2v) is 6.84. The lowest BCUT2D eigenvalue weighted by Gasteiger charge is -2.37. The van der Waals surface area contributed by atoms with Gasteiger partial charge in [0.25, 0.3) is 0 Å². The molecular formula is C16H28O2. The number of ether oxygens (including phenoxy) is 1. The third-order valence-electron chi connectivity index (χ3n) is 5.16. The van der Waals surface area contributed by atoms with Crippen molar-refractivity contribution in [2.24, 2.45) is 17.3 Å². The van der Waals surface area contributed by atoms with Crippen LogP contribution in [0.25, 0.3) is 0 Å². The van der Waals surface area contributed by atoms with Crippen molar-refractivity contribution in [3.05, 3.63) is 0 Å². The van der Waals surface area contributed by atoms with Gasteiger partial charge in [-0.25, -0.2) is 0 Å². The van der Waals surface area contributed by atoms with Gasteiger partial charge in [-0.15, -0.1) is 0 Å². The number of carbonyl (C=O) groups is 1. The van der Waals surface area contributed by atoms with Crippen LogP contribution >= 0.6 is 0 Å². The summed E-state index contributed by atoms with van der Waals surface area (Å²) in [6, 6.07) is 0. The second kappa shape index (κ2) is 5.63. The molecule has 18 heavy (non-hydrogen) atoms. The molecule has 2 nitrogen and oxygen atoms in total. The molecule has 2 saturated carbocycles. The Bertz CT molecular complexity index is 281. The number of fused-ring (bicyclic) bond motifs is 2. The molecule has 0 spiro atoms. The van der Waals surface area contributed by atoms with Crippen LogP contribution in [0.2, 0.25) is 0 Å². The van der Waals surface area contributed by atoms with Gasteiger partial charge in [0, 0.05) is 0 Å². The average molecular weight is 252 g/mol. The first kappa shape index (κ1) is 13.9. The Morgan fingerprint density at radius 2 is 1.56 bits per heavy atom. The lowest BCUT2D eigenvalue weighted by molar-refractivity contribution is -0.168. The Morgan fingerprint density at radius 3 is 2.06 bits per heavy atom. The van der Waals surface area contributed by atoms with Crippen molar-refractivity contribution in [3.8, 4) is 0 Å². The molecule has 2 bridgehead atoms. The van der Waals surface area contributed by atoms with Gasteiger partial charge >= 0.3 is 5.97 Å². The molecule has 104 valence electrons. The summed E-state index contributed by atoms with van der Waals surface area (Å²) in [7, 11) is 0. The second-order valence-electron chi connectivity index (χ2n) is 6.84. The van der Waals surface area contributed by atoms with E-state index < -0.39 is 0 Å². The van der Waals surface area contributed by atoms with Crippen molar-refractivity contribution in [1.29, 1.82) is 0 Å². The summed E-state index contributed by atoms with van der Waals surface area (Å²) in [6.45, 7) is 6.07. The van der Waals surface area contributed by atoms with Crippen molar-refractivity contribution in [2.45, 2.75) is 78.2 Å². The molecule has 2 aliphatic rings. The molecule has 2 atom stereocenters. The topological polar surface area (TPSA) is 26.3 Å². The highest BCUT2D eigenvalue weighted by Crippen LogP contribution is 2.41. The van der Waals surface area contributed by atoms with Gasteiger partial charge in [0.05, 0.1) is 5.41 Å². The highest BCUT2D eigenvalue weighted by atomic mass is 16.5. The maximum Gasteiger partial charge on any atom is 0.311 e. The Balaban J connectivity index is 2.04.